The number of aliphatic hydroxyl groups excluding tert-OH is 1. The number of aryl methyl sites for hydroxylation is 1. The summed E-state index contributed by atoms with van der Waals surface area (Å²) in [4.78, 5) is 23.0. The highest BCUT2D eigenvalue weighted by atomic mass is 16.5. The monoisotopic (exact) mass is 609 g/mol. The molecule has 4 aromatic rings. The van der Waals surface area contributed by atoms with Gasteiger partial charge in [-0.2, -0.15) is 0 Å². The number of likely N-dealkylation sites (tertiary alicyclic amines) is 2. The number of pyridine rings is 1. The van der Waals surface area contributed by atoms with E-state index >= 15 is 0 Å². The van der Waals surface area contributed by atoms with Crippen molar-refractivity contribution in [2.75, 3.05) is 46.4 Å². The second-order valence-electron chi connectivity index (χ2n) is 12.2. The Kier molecular flexibility index (Phi) is 9.94. The van der Waals surface area contributed by atoms with E-state index in [1.165, 1.54) is 32.4 Å². The second kappa shape index (κ2) is 14.4. The number of carbonyl (C=O) groups excluding carboxylic acids is 1. The Balaban J connectivity index is 1.13. The molecule has 1 aromatic heterocycles. The van der Waals surface area contributed by atoms with Crippen LogP contribution in [0.1, 0.15) is 53.6 Å². The van der Waals surface area contributed by atoms with Gasteiger partial charge >= 0.3 is 0 Å². The van der Waals surface area contributed by atoms with Gasteiger partial charge in [0.2, 0.25) is 0 Å². The van der Waals surface area contributed by atoms with E-state index in [2.05, 4.69) is 14.8 Å². The topological polar surface area (TPSA) is 84.4 Å². The number of aliphatic hydroxyl groups is 1. The molecule has 8 heteroatoms. The molecule has 236 valence electrons. The van der Waals surface area contributed by atoms with E-state index in [0.717, 1.165) is 36.9 Å². The number of aromatic nitrogens is 1. The smallest absolute Gasteiger partial charge is 0.196 e. The van der Waals surface area contributed by atoms with Crippen molar-refractivity contribution in [1.82, 2.24) is 14.8 Å². The standard InChI is InChI=1S/C37H43N3O5/c1-26-11-12-33(31(21-26)37(42)27-9-5-3-6-10-27)45-34-13-16-38-32-23-36(35(43-2)22-30(32)34)44-25-29(41)24-39-19-14-28(15-20-39)40-17-7-4-8-18-40/h3,5-6,9-13,16,21-23,28-29,41H,4,7-8,14-15,17-20,24-25H2,1-2H3. The number of ether oxygens (including phenoxy) is 3. The number of carbonyl (C=O) groups is 1. The molecule has 1 unspecified atom stereocenters. The fourth-order valence-electron chi connectivity index (χ4n) is 6.55. The van der Waals surface area contributed by atoms with E-state index in [9.17, 15) is 9.90 Å². The summed E-state index contributed by atoms with van der Waals surface area (Å²) >= 11 is 0. The average molecular weight is 610 g/mol. The molecule has 1 atom stereocenters. The number of hydrogen-bond donors (Lipinski definition) is 1. The Labute approximate surface area is 265 Å². The summed E-state index contributed by atoms with van der Waals surface area (Å²) in [6, 6.07) is 20.9. The van der Waals surface area contributed by atoms with E-state index in [1.54, 1.807) is 31.5 Å². The van der Waals surface area contributed by atoms with Crippen molar-refractivity contribution in [3.63, 3.8) is 0 Å². The molecular weight excluding hydrogens is 566 g/mol. The van der Waals surface area contributed by atoms with Crippen molar-refractivity contribution in [3.05, 3.63) is 89.6 Å². The van der Waals surface area contributed by atoms with E-state index in [4.69, 9.17) is 14.2 Å². The van der Waals surface area contributed by atoms with Crippen LogP contribution in [0.2, 0.25) is 0 Å². The Morgan fingerprint density at radius 1 is 0.911 bits per heavy atom. The first-order chi connectivity index (χ1) is 22.0. The number of nitrogens with zero attached hydrogens (tertiary/aromatic N) is 3. The third-order valence-corrected chi connectivity index (χ3v) is 8.99. The van der Waals surface area contributed by atoms with E-state index in [-0.39, 0.29) is 12.4 Å². The summed E-state index contributed by atoms with van der Waals surface area (Å²) in [6.45, 7) is 7.16. The molecule has 2 saturated heterocycles. The molecule has 0 bridgehead atoms. The van der Waals surface area contributed by atoms with Gasteiger partial charge in [-0.15, -0.1) is 0 Å². The van der Waals surface area contributed by atoms with Crippen molar-refractivity contribution in [1.29, 1.82) is 0 Å². The minimum Gasteiger partial charge on any atom is -0.493 e. The van der Waals surface area contributed by atoms with Gasteiger partial charge < -0.3 is 29.1 Å². The molecule has 0 spiro atoms. The molecule has 2 fully saturated rings. The van der Waals surface area contributed by atoms with Crippen molar-refractivity contribution < 1.29 is 24.1 Å². The number of methoxy groups -OCH3 is 1. The van der Waals surface area contributed by atoms with Crippen LogP contribution in [0.4, 0.5) is 0 Å². The van der Waals surface area contributed by atoms with Gasteiger partial charge in [-0.1, -0.05) is 48.4 Å². The third kappa shape index (κ3) is 7.47. The van der Waals surface area contributed by atoms with Gasteiger partial charge in [0.1, 0.15) is 24.2 Å². The molecule has 2 aliphatic heterocycles. The van der Waals surface area contributed by atoms with Crippen molar-refractivity contribution in [2.45, 2.75) is 51.2 Å². The van der Waals surface area contributed by atoms with Crippen LogP contribution in [0, 0.1) is 6.92 Å². The van der Waals surface area contributed by atoms with Gasteiger partial charge in [-0.3, -0.25) is 9.78 Å². The van der Waals surface area contributed by atoms with E-state index in [1.807, 2.05) is 55.5 Å². The van der Waals surface area contributed by atoms with Gasteiger partial charge in [0, 0.05) is 35.8 Å². The molecule has 0 saturated carbocycles. The predicted molar refractivity (Wildman–Crippen MR) is 176 cm³/mol. The molecular formula is C37H43N3O5. The molecule has 8 nitrogen and oxygen atoms in total. The summed E-state index contributed by atoms with van der Waals surface area (Å²) in [5.74, 6) is 1.92. The first kappa shape index (κ1) is 31.0. The van der Waals surface area contributed by atoms with E-state index < -0.39 is 6.10 Å². The number of hydrogen-bond acceptors (Lipinski definition) is 8. The number of rotatable bonds is 11. The third-order valence-electron chi connectivity index (χ3n) is 8.99. The highest BCUT2D eigenvalue weighted by Crippen LogP contribution is 2.38. The molecule has 0 aliphatic carbocycles. The zero-order chi connectivity index (χ0) is 31.2. The van der Waals surface area contributed by atoms with Crippen molar-refractivity contribution in [3.8, 4) is 23.0 Å². The van der Waals surface area contributed by atoms with Gasteiger partial charge in [0.25, 0.3) is 0 Å². The number of ketones is 1. The number of β-amino-alcohol motifs (C(OH)–C–C–N with tert-alkyl or cyclic N) is 1. The summed E-state index contributed by atoms with van der Waals surface area (Å²) in [6.07, 6.45) is 7.37. The van der Waals surface area contributed by atoms with E-state index in [0.29, 0.717) is 52.2 Å². The average Bonchev–Trinajstić information content (AvgIpc) is 3.08. The Hall–Kier alpha value is -3.98. The SMILES string of the molecule is COc1cc2c(Oc3ccc(C)cc3C(=O)c3ccccc3)ccnc2cc1OCC(O)CN1CCC(N2CCCCC2)CC1. The highest BCUT2D eigenvalue weighted by Gasteiger charge is 2.26. The first-order valence-corrected chi connectivity index (χ1v) is 16.1. The second-order valence-corrected chi connectivity index (χ2v) is 12.2. The fraction of sp³-hybridized carbons (Fsp3) is 0.405. The molecule has 45 heavy (non-hydrogen) atoms. The lowest BCUT2D eigenvalue weighted by atomic mass is 10.00. The summed E-state index contributed by atoms with van der Waals surface area (Å²) in [5.41, 5.74) is 2.71. The lowest BCUT2D eigenvalue weighted by Gasteiger charge is -2.40. The normalized spacial score (nSPS) is 17.2. The van der Waals surface area contributed by atoms with Crippen LogP contribution in [0.15, 0.2) is 72.9 Å². The number of benzene rings is 3. The van der Waals surface area contributed by atoms with Crippen LogP contribution in [0.25, 0.3) is 10.9 Å². The maximum absolute atomic E-state index is 13.4. The predicted octanol–water partition coefficient (Wildman–Crippen LogP) is 6.27. The molecule has 2 aliphatic rings. The number of piperidine rings is 2. The summed E-state index contributed by atoms with van der Waals surface area (Å²) in [5, 5.41) is 11.6. The largest absolute Gasteiger partial charge is 0.493 e. The van der Waals surface area contributed by atoms with Gasteiger partial charge in [-0.05, 0) is 83.1 Å². The minimum absolute atomic E-state index is 0.106. The maximum Gasteiger partial charge on any atom is 0.196 e. The Morgan fingerprint density at radius 3 is 2.44 bits per heavy atom. The lowest BCUT2D eigenvalue weighted by Crippen LogP contribution is -2.48. The maximum atomic E-state index is 13.4. The number of fused-ring (bicyclic) bond motifs is 1. The van der Waals surface area contributed by atoms with Gasteiger partial charge in [0.15, 0.2) is 17.3 Å². The quantitative estimate of drug-likeness (QED) is 0.200. The molecule has 0 amide bonds. The van der Waals surface area contributed by atoms with Gasteiger partial charge in [-0.25, -0.2) is 0 Å². The lowest BCUT2D eigenvalue weighted by molar-refractivity contribution is 0.0401. The first-order valence-electron chi connectivity index (χ1n) is 16.1. The fourth-order valence-corrected chi connectivity index (χ4v) is 6.55. The van der Waals surface area contributed by atoms with Crippen molar-refractivity contribution >= 4 is 16.7 Å². The Morgan fingerprint density at radius 2 is 1.69 bits per heavy atom. The van der Waals surface area contributed by atoms with Crippen LogP contribution in [0.3, 0.4) is 0 Å². The van der Waals surface area contributed by atoms with Crippen LogP contribution in [0.5, 0.6) is 23.0 Å². The molecule has 0 radical (unpaired) electrons. The molecule has 3 heterocycles. The van der Waals surface area contributed by atoms with Crippen molar-refractivity contribution in [2.24, 2.45) is 0 Å². The van der Waals surface area contributed by atoms with Crippen LogP contribution in [-0.4, -0.2) is 84.3 Å². The molecule has 6 rings (SSSR count). The summed E-state index contributed by atoms with van der Waals surface area (Å²) in [7, 11) is 1.59. The highest BCUT2D eigenvalue weighted by molar-refractivity contribution is 6.11. The Bertz CT molecular complexity index is 1600. The molecule has 3 aromatic carbocycles. The molecule has 1 N–H and O–H groups in total. The van der Waals surface area contributed by atoms with Gasteiger partial charge in [0.05, 0.1) is 18.2 Å². The zero-order valence-corrected chi connectivity index (χ0v) is 26.3. The zero-order valence-electron chi connectivity index (χ0n) is 26.3. The van der Waals surface area contributed by atoms with Crippen LogP contribution in [-0.2, 0) is 0 Å². The van der Waals surface area contributed by atoms with Crippen LogP contribution >= 0.6 is 0 Å². The van der Waals surface area contributed by atoms with Crippen LogP contribution < -0.4 is 14.2 Å². The minimum atomic E-state index is -0.623. The summed E-state index contributed by atoms with van der Waals surface area (Å²) < 4.78 is 18.2.